The number of benzene rings is 3. The van der Waals surface area contributed by atoms with Crippen molar-refractivity contribution in [3.63, 3.8) is 0 Å². The van der Waals surface area contributed by atoms with Crippen LogP contribution in [0.4, 0.5) is 17.3 Å². The summed E-state index contributed by atoms with van der Waals surface area (Å²) < 4.78 is 56.5. The lowest BCUT2D eigenvalue weighted by molar-refractivity contribution is 0.102. The van der Waals surface area contributed by atoms with E-state index >= 15 is 0 Å². The van der Waals surface area contributed by atoms with E-state index in [1.54, 1.807) is 38.1 Å². The zero-order valence-corrected chi connectivity index (χ0v) is 23.3. The van der Waals surface area contributed by atoms with Crippen molar-refractivity contribution < 1.29 is 21.6 Å². The Morgan fingerprint density at radius 1 is 0.718 bits per heavy atom. The molecular formula is C27H27N5O5S2. The minimum Gasteiger partial charge on any atom is -0.322 e. The Balaban J connectivity index is 1.50. The Labute approximate surface area is 227 Å². The molecule has 1 amide bonds. The molecule has 3 aromatic carbocycles. The Hall–Kier alpha value is -4.29. The van der Waals surface area contributed by atoms with E-state index in [4.69, 9.17) is 0 Å². The fourth-order valence-corrected chi connectivity index (χ4v) is 6.14. The lowest BCUT2D eigenvalue weighted by Crippen LogP contribution is -2.17. The first-order valence-corrected chi connectivity index (χ1v) is 14.7. The van der Waals surface area contributed by atoms with Crippen LogP contribution < -0.4 is 14.8 Å². The number of anilines is 3. The van der Waals surface area contributed by atoms with Crippen molar-refractivity contribution in [3.05, 3.63) is 101 Å². The highest BCUT2D eigenvalue weighted by Crippen LogP contribution is 2.23. The van der Waals surface area contributed by atoms with Crippen molar-refractivity contribution in [2.45, 2.75) is 37.5 Å². The summed E-state index contributed by atoms with van der Waals surface area (Å²) in [7, 11) is -7.92. The number of hydrogen-bond donors (Lipinski definition) is 3. The minimum absolute atomic E-state index is 0.0276. The molecule has 0 saturated carbocycles. The highest BCUT2D eigenvalue weighted by Gasteiger charge is 2.20. The van der Waals surface area contributed by atoms with E-state index < -0.39 is 26.0 Å². The number of amides is 1. The van der Waals surface area contributed by atoms with E-state index in [1.165, 1.54) is 42.6 Å². The zero-order chi connectivity index (χ0) is 28.4. The molecule has 0 unspecified atom stereocenters. The van der Waals surface area contributed by atoms with Crippen LogP contribution in [0.3, 0.4) is 0 Å². The molecule has 0 fully saturated rings. The van der Waals surface area contributed by atoms with Crippen molar-refractivity contribution in [1.29, 1.82) is 0 Å². The average Bonchev–Trinajstić information content (AvgIpc) is 2.83. The van der Waals surface area contributed by atoms with Crippen molar-refractivity contribution in [2.24, 2.45) is 0 Å². The molecular weight excluding hydrogens is 538 g/mol. The van der Waals surface area contributed by atoms with Crippen molar-refractivity contribution in [1.82, 2.24) is 9.97 Å². The number of carbonyl (C=O) groups is 1. The number of nitrogens with zero attached hydrogens (tertiary/aromatic N) is 2. The smallest absolute Gasteiger partial charge is 0.264 e. The van der Waals surface area contributed by atoms with E-state index in [0.717, 1.165) is 11.1 Å². The molecule has 0 spiro atoms. The number of carbonyl (C=O) groups excluding carboxylic acids is 1. The third kappa shape index (κ3) is 6.78. The van der Waals surface area contributed by atoms with Crippen LogP contribution in [0, 0.1) is 27.7 Å². The quantitative estimate of drug-likeness (QED) is 0.284. The lowest BCUT2D eigenvalue weighted by Gasteiger charge is -2.13. The molecule has 10 nitrogen and oxygen atoms in total. The van der Waals surface area contributed by atoms with Gasteiger partial charge < -0.3 is 5.32 Å². The third-order valence-corrected chi connectivity index (χ3v) is 8.52. The van der Waals surface area contributed by atoms with Gasteiger partial charge in [-0.25, -0.2) is 31.5 Å². The van der Waals surface area contributed by atoms with Crippen molar-refractivity contribution in [3.8, 4) is 0 Å². The van der Waals surface area contributed by atoms with Gasteiger partial charge in [0.25, 0.3) is 26.0 Å². The van der Waals surface area contributed by atoms with Gasteiger partial charge in [-0.05, 0) is 99.0 Å². The molecule has 39 heavy (non-hydrogen) atoms. The first-order chi connectivity index (χ1) is 18.3. The largest absolute Gasteiger partial charge is 0.322 e. The Morgan fingerprint density at radius 3 is 2.03 bits per heavy atom. The average molecular weight is 566 g/mol. The SMILES string of the molecule is Cc1cc(C)cc(NS(=O)(=O)c2cc(C(=O)Nc3ccc(S(=O)(=O)Nc4nccc(C)n4)cc3)ccc2C)c1. The van der Waals surface area contributed by atoms with Crippen LogP contribution in [0.5, 0.6) is 0 Å². The summed E-state index contributed by atoms with van der Waals surface area (Å²) in [5.41, 5.74) is 3.78. The molecule has 0 aliphatic heterocycles. The first kappa shape index (κ1) is 27.7. The van der Waals surface area contributed by atoms with Crippen LogP contribution in [0.15, 0.2) is 82.7 Å². The molecule has 0 aliphatic carbocycles. The Morgan fingerprint density at radius 2 is 1.38 bits per heavy atom. The van der Waals surface area contributed by atoms with Crippen LogP contribution in [0.25, 0.3) is 0 Å². The fourth-order valence-electron chi connectivity index (χ4n) is 3.87. The fraction of sp³-hybridized carbons (Fsp3) is 0.148. The molecule has 0 aliphatic rings. The van der Waals surface area contributed by atoms with Gasteiger partial charge >= 0.3 is 0 Å². The normalized spacial score (nSPS) is 11.6. The summed E-state index contributed by atoms with van der Waals surface area (Å²) in [6.45, 7) is 7.10. The van der Waals surface area contributed by atoms with E-state index in [0.29, 0.717) is 22.6 Å². The van der Waals surface area contributed by atoms with E-state index in [-0.39, 0.29) is 21.3 Å². The van der Waals surface area contributed by atoms with E-state index in [2.05, 4.69) is 24.7 Å². The standard InChI is InChI=1S/C27H27N5O5S2/c1-17-13-18(2)15-23(14-17)31-39(36,37)25-16-21(6-5-19(25)3)26(33)30-22-7-9-24(10-8-22)38(34,35)32-27-28-12-11-20(4)29-27/h5-16,31H,1-4H3,(H,30,33)(H,28,29,32). The number of hydrogen-bond acceptors (Lipinski definition) is 7. The van der Waals surface area contributed by atoms with Gasteiger partial charge in [0.1, 0.15) is 0 Å². The van der Waals surface area contributed by atoms with Crippen LogP contribution in [0.2, 0.25) is 0 Å². The summed E-state index contributed by atoms with van der Waals surface area (Å²) in [5.74, 6) is -0.607. The Kier molecular flexibility index (Phi) is 7.70. The van der Waals surface area contributed by atoms with Gasteiger partial charge in [0.2, 0.25) is 5.95 Å². The second kappa shape index (κ2) is 10.8. The Bertz CT molecular complexity index is 1750. The van der Waals surface area contributed by atoms with Gasteiger partial charge in [0, 0.05) is 28.8 Å². The lowest BCUT2D eigenvalue weighted by atomic mass is 10.1. The second-order valence-corrected chi connectivity index (χ2v) is 12.4. The summed E-state index contributed by atoms with van der Waals surface area (Å²) in [6, 6.07) is 16.9. The van der Waals surface area contributed by atoms with Gasteiger partial charge in [-0.1, -0.05) is 12.1 Å². The maximum atomic E-state index is 13.1. The summed E-state index contributed by atoms with van der Waals surface area (Å²) in [4.78, 5) is 20.8. The maximum absolute atomic E-state index is 13.1. The van der Waals surface area contributed by atoms with Gasteiger partial charge in [-0.2, -0.15) is 0 Å². The number of rotatable bonds is 8. The topological polar surface area (TPSA) is 147 Å². The minimum atomic E-state index is -3.97. The highest BCUT2D eigenvalue weighted by atomic mass is 32.2. The monoisotopic (exact) mass is 565 g/mol. The molecule has 4 aromatic rings. The van der Waals surface area contributed by atoms with E-state index in [9.17, 15) is 21.6 Å². The molecule has 0 saturated heterocycles. The molecule has 4 rings (SSSR count). The first-order valence-electron chi connectivity index (χ1n) is 11.8. The van der Waals surface area contributed by atoms with Crippen LogP contribution in [0.1, 0.15) is 32.7 Å². The summed E-state index contributed by atoms with van der Waals surface area (Å²) in [5, 5.41) is 2.66. The number of aromatic nitrogens is 2. The third-order valence-electron chi connectivity index (χ3n) is 5.66. The molecule has 12 heteroatoms. The molecule has 0 atom stereocenters. The molecule has 1 aromatic heterocycles. The highest BCUT2D eigenvalue weighted by molar-refractivity contribution is 7.93. The molecule has 0 bridgehead atoms. The van der Waals surface area contributed by atoms with E-state index in [1.807, 2.05) is 19.9 Å². The van der Waals surface area contributed by atoms with Crippen LogP contribution in [-0.4, -0.2) is 32.7 Å². The second-order valence-electron chi connectivity index (χ2n) is 9.07. The van der Waals surface area contributed by atoms with Gasteiger partial charge in [0.15, 0.2) is 0 Å². The van der Waals surface area contributed by atoms with Crippen LogP contribution in [-0.2, 0) is 20.0 Å². The van der Waals surface area contributed by atoms with Gasteiger partial charge in [-0.3, -0.25) is 9.52 Å². The van der Waals surface area contributed by atoms with Crippen LogP contribution >= 0.6 is 0 Å². The molecule has 1 heterocycles. The summed E-state index contributed by atoms with van der Waals surface area (Å²) in [6.07, 6.45) is 1.44. The van der Waals surface area contributed by atoms with Crippen molar-refractivity contribution in [2.75, 3.05) is 14.8 Å². The molecule has 0 radical (unpaired) electrons. The zero-order valence-electron chi connectivity index (χ0n) is 21.7. The summed E-state index contributed by atoms with van der Waals surface area (Å²) >= 11 is 0. The molecule has 202 valence electrons. The van der Waals surface area contributed by atoms with Crippen molar-refractivity contribution >= 4 is 43.3 Å². The van der Waals surface area contributed by atoms with Gasteiger partial charge in [-0.15, -0.1) is 0 Å². The number of nitrogens with one attached hydrogen (secondary N) is 3. The number of sulfonamides is 2. The maximum Gasteiger partial charge on any atom is 0.264 e. The predicted octanol–water partition coefficient (Wildman–Crippen LogP) is 4.56. The van der Waals surface area contributed by atoms with Gasteiger partial charge in [0.05, 0.1) is 9.79 Å². The number of aryl methyl sites for hydroxylation is 4. The predicted molar refractivity (Wildman–Crippen MR) is 150 cm³/mol. The molecule has 3 N–H and O–H groups in total.